The molecule has 0 spiro atoms. The van der Waals surface area contributed by atoms with Crippen molar-refractivity contribution in [3.63, 3.8) is 0 Å². The number of hydrogen-bond acceptors (Lipinski definition) is 1. The summed E-state index contributed by atoms with van der Waals surface area (Å²) in [5.74, 6) is -0.891. The first-order valence-electron chi connectivity index (χ1n) is 5.12. The molecule has 1 aromatic carbocycles. The van der Waals surface area contributed by atoms with Crippen LogP contribution in [-0.4, -0.2) is 16.1 Å². The minimum absolute atomic E-state index is 0.283. The number of fused-ring (bicyclic) bond motifs is 3. The summed E-state index contributed by atoms with van der Waals surface area (Å²) in [6.07, 6.45) is 3.38. The lowest BCUT2D eigenvalue weighted by Gasteiger charge is -1.99. The number of aromatic carboxylic acids is 1. The number of aromatic nitrogens is 1. The second kappa shape index (κ2) is 2.86. The second-order valence-corrected chi connectivity index (χ2v) is 4.01. The first kappa shape index (κ1) is 8.53. The van der Waals surface area contributed by atoms with Crippen LogP contribution in [0, 0.1) is 0 Å². The van der Waals surface area contributed by atoms with E-state index >= 15 is 0 Å². The van der Waals surface area contributed by atoms with Crippen LogP contribution in [0.25, 0.3) is 10.9 Å². The lowest BCUT2D eigenvalue weighted by Crippen LogP contribution is -1.94. The highest BCUT2D eigenvalue weighted by Gasteiger charge is 2.16. The SMILES string of the molecule is O=C(O)c1cc2c3c(ccc2[nH]1)CCC3. The number of hydrogen-bond donors (Lipinski definition) is 2. The van der Waals surface area contributed by atoms with Gasteiger partial charge in [0.05, 0.1) is 0 Å². The number of nitrogens with one attached hydrogen (secondary N) is 1. The molecule has 15 heavy (non-hydrogen) atoms. The van der Waals surface area contributed by atoms with Crippen LogP contribution in [0.3, 0.4) is 0 Å². The quantitative estimate of drug-likeness (QED) is 0.744. The molecule has 0 saturated carbocycles. The monoisotopic (exact) mass is 201 g/mol. The Balaban J connectivity index is 2.31. The van der Waals surface area contributed by atoms with E-state index in [2.05, 4.69) is 11.1 Å². The lowest BCUT2D eigenvalue weighted by molar-refractivity contribution is 0.0691. The van der Waals surface area contributed by atoms with Crippen LogP contribution >= 0.6 is 0 Å². The van der Waals surface area contributed by atoms with E-state index in [1.54, 1.807) is 6.07 Å². The highest BCUT2D eigenvalue weighted by molar-refractivity contribution is 5.95. The number of rotatable bonds is 1. The first-order chi connectivity index (χ1) is 7.25. The number of carboxylic acid groups (broad SMARTS) is 1. The van der Waals surface area contributed by atoms with E-state index in [1.165, 1.54) is 17.5 Å². The molecule has 2 aromatic rings. The highest BCUT2D eigenvalue weighted by Crippen LogP contribution is 2.30. The van der Waals surface area contributed by atoms with Gasteiger partial charge in [0, 0.05) is 10.9 Å². The maximum Gasteiger partial charge on any atom is 0.352 e. The van der Waals surface area contributed by atoms with Crippen molar-refractivity contribution in [3.8, 4) is 0 Å². The summed E-state index contributed by atoms with van der Waals surface area (Å²) in [7, 11) is 0. The number of carbonyl (C=O) groups is 1. The Bertz CT molecular complexity index is 554. The summed E-state index contributed by atoms with van der Waals surface area (Å²) in [5.41, 5.74) is 3.92. The Morgan fingerprint density at radius 3 is 3.00 bits per heavy atom. The molecule has 0 fully saturated rings. The average molecular weight is 201 g/mol. The number of aromatic amines is 1. The summed E-state index contributed by atoms with van der Waals surface area (Å²) < 4.78 is 0. The van der Waals surface area contributed by atoms with Gasteiger partial charge in [-0.15, -0.1) is 0 Å². The van der Waals surface area contributed by atoms with Crippen molar-refractivity contribution in [1.29, 1.82) is 0 Å². The van der Waals surface area contributed by atoms with Gasteiger partial charge in [-0.2, -0.15) is 0 Å². The van der Waals surface area contributed by atoms with Crippen molar-refractivity contribution in [3.05, 3.63) is 35.0 Å². The largest absolute Gasteiger partial charge is 0.477 e. The summed E-state index contributed by atoms with van der Waals surface area (Å²) in [6.45, 7) is 0. The maximum absolute atomic E-state index is 10.8. The molecule has 0 atom stereocenters. The fourth-order valence-corrected chi connectivity index (χ4v) is 2.41. The first-order valence-corrected chi connectivity index (χ1v) is 5.12. The third-order valence-electron chi connectivity index (χ3n) is 3.12. The molecule has 0 unspecified atom stereocenters. The molecule has 3 heteroatoms. The van der Waals surface area contributed by atoms with Gasteiger partial charge >= 0.3 is 5.97 Å². The molecule has 0 saturated heterocycles. The molecule has 1 aromatic heterocycles. The molecule has 1 aliphatic carbocycles. The van der Waals surface area contributed by atoms with Gasteiger partial charge in [0.25, 0.3) is 0 Å². The fourth-order valence-electron chi connectivity index (χ4n) is 2.41. The predicted octanol–water partition coefficient (Wildman–Crippen LogP) is 2.35. The molecule has 2 N–H and O–H groups in total. The van der Waals surface area contributed by atoms with E-state index < -0.39 is 5.97 Å². The molecule has 76 valence electrons. The molecule has 0 aliphatic heterocycles. The van der Waals surface area contributed by atoms with E-state index in [1.807, 2.05) is 6.07 Å². The Morgan fingerprint density at radius 1 is 1.33 bits per heavy atom. The Labute approximate surface area is 86.7 Å². The van der Waals surface area contributed by atoms with E-state index in [-0.39, 0.29) is 5.69 Å². The summed E-state index contributed by atoms with van der Waals surface area (Å²) in [6, 6.07) is 5.83. The van der Waals surface area contributed by atoms with Gasteiger partial charge in [0.1, 0.15) is 5.69 Å². The highest BCUT2D eigenvalue weighted by atomic mass is 16.4. The van der Waals surface area contributed by atoms with Crippen molar-refractivity contribution in [2.24, 2.45) is 0 Å². The van der Waals surface area contributed by atoms with E-state index in [4.69, 9.17) is 5.11 Å². The van der Waals surface area contributed by atoms with Gasteiger partial charge in [-0.05, 0) is 42.5 Å². The number of H-pyrrole nitrogens is 1. The molecule has 0 amide bonds. The molecule has 3 nitrogen and oxygen atoms in total. The molecule has 1 aliphatic rings. The molecule has 3 rings (SSSR count). The predicted molar refractivity (Wildman–Crippen MR) is 57.3 cm³/mol. The van der Waals surface area contributed by atoms with Crippen LogP contribution < -0.4 is 0 Å². The van der Waals surface area contributed by atoms with Gasteiger partial charge in [-0.25, -0.2) is 4.79 Å². The van der Waals surface area contributed by atoms with Crippen LogP contribution in [0.2, 0.25) is 0 Å². The molecule has 0 radical (unpaired) electrons. The molecular formula is C12H11NO2. The van der Waals surface area contributed by atoms with Crippen LogP contribution in [0.15, 0.2) is 18.2 Å². The van der Waals surface area contributed by atoms with Crippen LogP contribution in [-0.2, 0) is 12.8 Å². The Kier molecular flexibility index (Phi) is 1.63. The van der Waals surface area contributed by atoms with Gasteiger partial charge in [0.2, 0.25) is 0 Å². The minimum atomic E-state index is -0.891. The Morgan fingerprint density at radius 2 is 2.20 bits per heavy atom. The van der Waals surface area contributed by atoms with Crippen LogP contribution in [0.4, 0.5) is 0 Å². The van der Waals surface area contributed by atoms with Gasteiger partial charge < -0.3 is 10.1 Å². The van der Waals surface area contributed by atoms with Gasteiger partial charge in [-0.1, -0.05) is 6.07 Å². The lowest BCUT2D eigenvalue weighted by atomic mass is 10.1. The third kappa shape index (κ3) is 1.16. The van der Waals surface area contributed by atoms with Crippen molar-refractivity contribution in [2.45, 2.75) is 19.3 Å². The molecule has 1 heterocycles. The minimum Gasteiger partial charge on any atom is -0.477 e. The van der Waals surface area contributed by atoms with Crippen molar-refractivity contribution < 1.29 is 9.90 Å². The van der Waals surface area contributed by atoms with Crippen molar-refractivity contribution >= 4 is 16.9 Å². The van der Waals surface area contributed by atoms with Crippen LogP contribution in [0.1, 0.15) is 28.0 Å². The zero-order valence-corrected chi connectivity index (χ0v) is 8.21. The van der Waals surface area contributed by atoms with Crippen molar-refractivity contribution in [1.82, 2.24) is 4.98 Å². The topological polar surface area (TPSA) is 53.1 Å². The molecular weight excluding hydrogens is 190 g/mol. The number of carboxylic acids is 1. The molecule has 0 bridgehead atoms. The maximum atomic E-state index is 10.8. The summed E-state index contributed by atoms with van der Waals surface area (Å²) >= 11 is 0. The second-order valence-electron chi connectivity index (χ2n) is 4.01. The zero-order valence-electron chi connectivity index (χ0n) is 8.21. The van der Waals surface area contributed by atoms with E-state index in [0.29, 0.717) is 0 Å². The summed E-state index contributed by atoms with van der Waals surface area (Å²) in [5, 5.41) is 9.99. The zero-order chi connectivity index (χ0) is 10.4. The number of aryl methyl sites for hydroxylation is 2. The fraction of sp³-hybridized carbons (Fsp3) is 0.250. The van der Waals surface area contributed by atoms with E-state index in [0.717, 1.165) is 23.7 Å². The smallest absolute Gasteiger partial charge is 0.352 e. The van der Waals surface area contributed by atoms with Crippen molar-refractivity contribution in [2.75, 3.05) is 0 Å². The van der Waals surface area contributed by atoms with E-state index in [9.17, 15) is 4.79 Å². The van der Waals surface area contributed by atoms with Gasteiger partial charge in [-0.3, -0.25) is 0 Å². The summed E-state index contributed by atoms with van der Waals surface area (Å²) in [4.78, 5) is 13.8. The Hall–Kier alpha value is -1.77. The standard InChI is InChI=1S/C12H11NO2/c14-12(15)11-6-9-8-3-1-2-7(8)4-5-10(9)13-11/h4-6,13H,1-3H2,(H,14,15). The number of benzene rings is 1. The average Bonchev–Trinajstić information content (AvgIpc) is 2.82. The third-order valence-corrected chi connectivity index (χ3v) is 3.12. The van der Waals surface area contributed by atoms with Gasteiger partial charge in [0.15, 0.2) is 0 Å². The van der Waals surface area contributed by atoms with Crippen LogP contribution in [0.5, 0.6) is 0 Å². The normalized spacial score (nSPS) is 14.4.